The molecule has 1 aromatic carbocycles. The van der Waals surface area contributed by atoms with E-state index in [0.29, 0.717) is 0 Å². The van der Waals surface area contributed by atoms with E-state index in [9.17, 15) is 0 Å². The van der Waals surface area contributed by atoms with Crippen LogP contribution in [0.1, 0.15) is 31.4 Å². The van der Waals surface area contributed by atoms with Crippen LogP contribution in [0, 0.1) is 0 Å². The van der Waals surface area contributed by atoms with Crippen molar-refractivity contribution in [1.82, 2.24) is 10.2 Å². The number of likely N-dealkylation sites (N-methyl/N-ethyl adjacent to an activating group) is 1. The molecule has 3 rings (SSSR count). The maximum Gasteiger partial charge on any atom is 0.277 e. The number of amidine groups is 1. The Kier molecular flexibility index (Phi) is 3.77. The fraction of sp³-hybridized carbons (Fsp3) is 0.471. The summed E-state index contributed by atoms with van der Waals surface area (Å²) in [4.78, 5) is 2.45. The lowest BCUT2D eigenvalue weighted by Crippen LogP contribution is -2.24. The minimum absolute atomic E-state index is 1.06. The molecule has 2 heterocycles. The normalized spacial score (nSPS) is 18.5. The number of benzene rings is 1. The standard InChI is InChI=1S/C17H23N3/c1-3-19-12-5-6-16(19)14-7-9-15(10-8-14)17-18-11-13-20(17)4-2/h6-10H,3-5,11-13H2,1-2H3/p+1. The molecule has 0 amide bonds. The summed E-state index contributed by atoms with van der Waals surface area (Å²) in [6.07, 6.45) is 3.53. The fourth-order valence-corrected chi connectivity index (χ4v) is 3.17. The van der Waals surface area contributed by atoms with Gasteiger partial charge >= 0.3 is 0 Å². The number of hydrogen-bond acceptors (Lipinski definition) is 2. The molecular weight excluding hydrogens is 246 g/mol. The molecule has 1 N–H and O–H groups in total. The molecule has 0 aromatic heterocycles. The van der Waals surface area contributed by atoms with Crippen LogP contribution in [-0.4, -0.2) is 48.0 Å². The van der Waals surface area contributed by atoms with Crippen LogP contribution in [0.5, 0.6) is 0 Å². The molecule has 20 heavy (non-hydrogen) atoms. The van der Waals surface area contributed by atoms with Gasteiger partial charge in [-0.15, -0.1) is 0 Å². The van der Waals surface area contributed by atoms with Gasteiger partial charge in [0, 0.05) is 18.8 Å². The maximum atomic E-state index is 3.50. The van der Waals surface area contributed by atoms with Gasteiger partial charge in [-0.05, 0) is 38.0 Å². The second-order valence-corrected chi connectivity index (χ2v) is 5.39. The van der Waals surface area contributed by atoms with Gasteiger partial charge in [-0.25, -0.2) is 0 Å². The second-order valence-electron chi connectivity index (χ2n) is 5.39. The van der Waals surface area contributed by atoms with E-state index in [1.165, 1.54) is 29.1 Å². The Bertz CT molecular complexity index is 540. The van der Waals surface area contributed by atoms with Crippen molar-refractivity contribution in [3.05, 3.63) is 41.5 Å². The number of rotatable bonds is 4. The van der Waals surface area contributed by atoms with E-state index in [-0.39, 0.29) is 0 Å². The Morgan fingerprint density at radius 3 is 2.60 bits per heavy atom. The minimum atomic E-state index is 1.06. The van der Waals surface area contributed by atoms with Gasteiger partial charge in [-0.2, -0.15) is 0 Å². The molecule has 0 aliphatic carbocycles. The lowest BCUT2D eigenvalue weighted by Gasteiger charge is -2.20. The first kappa shape index (κ1) is 13.2. The Morgan fingerprint density at radius 1 is 1.15 bits per heavy atom. The van der Waals surface area contributed by atoms with Gasteiger partial charge in [-0.3, -0.25) is 9.89 Å². The van der Waals surface area contributed by atoms with Gasteiger partial charge < -0.3 is 4.90 Å². The Labute approximate surface area is 121 Å². The summed E-state index contributed by atoms with van der Waals surface area (Å²) >= 11 is 0. The topological polar surface area (TPSA) is 18.3 Å². The summed E-state index contributed by atoms with van der Waals surface area (Å²) in [6.45, 7) is 9.93. The molecule has 2 aliphatic heterocycles. The predicted octanol–water partition coefficient (Wildman–Crippen LogP) is 2.14. The summed E-state index contributed by atoms with van der Waals surface area (Å²) in [5, 5.41) is 3.50. The third-order valence-electron chi connectivity index (χ3n) is 4.29. The van der Waals surface area contributed by atoms with E-state index < -0.39 is 0 Å². The summed E-state index contributed by atoms with van der Waals surface area (Å²) in [5.41, 5.74) is 4.04. The quantitative estimate of drug-likeness (QED) is 0.845. The highest BCUT2D eigenvalue weighted by atomic mass is 15.2. The molecule has 106 valence electrons. The van der Waals surface area contributed by atoms with E-state index >= 15 is 0 Å². The molecule has 0 atom stereocenters. The van der Waals surface area contributed by atoms with Gasteiger partial charge in [0.05, 0.1) is 12.1 Å². The van der Waals surface area contributed by atoms with Gasteiger partial charge in [0.1, 0.15) is 13.1 Å². The largest absolute Gasteiger partial charge is 0.371 e. The molecule has 2 aliphatic rings. The molecule has 0 bridgehead atoms. The highest BCUT2D eigenvalue weighted by Gasteiger charge is 2.21. The van der Waals surface area contributed by atoms with Crippen LogP contribution in [0.3, 0.4) is 0 Å². The van der Waals surface area contributed by atoms with Crippen molar-refractivity contribution in [2.75, 3.05) is 32.7 Å². The zero-order valence-corrected chi connectivity index (χ0v) is 12.5. The zero-order chi connectivity index (χ0) is 13.9. The summed E-state index contributed by atoms with van der Waals surface area (Å²) in [5.74, 6) is 1.28. The van der Waals surface area contributed by atoms with Crippen LogP contribution in [0.15, 0.2) is 30.3 Å². The summed E-state index contributed by atoms with van der Waals surface area (Å²) < 4.78 is 2.40. The highest BCUT2D eigenvalue weighted by molar-refractivity contribution is 5.95. The van der Waals surface area contributed by atoms with Gasteiger partial charge in [-0.1, -0.05) is 18.2 Å². The molecule has 0 spiro atoms. The van der Waals surface area contributed by atoms with Gasteiger partial charge in [0.25, 0.3) is 5.84 Å². The second kappa shape index (κ2) is 5.70. The van der Waals surface area contributed by atoms with Gasteiger partial charge in [0.2, 0.25) is 0 Å². The molecule has 0 saturated heterocycles. The first-order chi connectivity index (χ1) is 9.83. The van der Waals surface area contributed by atoms with Crippen LogP contribution in [0.25, 0.3) is 5.70 Å². The number of nitrogens with zero attached hydrogens (tertiary/aromatic N) is 2. The molecule has 3 nitrogen and oxygen atoms in total. The Hall–Kier alpha value is -1.77. The fourth-order valence-electron chi connectivity index (χ4n) is 3.17. The molecule has 0 saturated carbocycles. The lowest BCUT2D eigenvalue weighted by molar-refractivity contribution is -0.513. The van der Waals surface area contributed by atoms with E-state index in [4.69, 9.17) is 0 Å². The highest BCUT2D eigenvalue weighted by Crippen LogP contribution is 2.25. The maximum absolute atomic E-state index is 3.50. The third-order valence-corrected chi connectivity index (χ3v) is 4.29. The molecular formula is C17H24N3+. The van der Waals surface area contributed by atoms with Crippen molar-refractivity contribution in [3.63, 3.8) is 0 Å². The third kappa shape index (κ3) is 2.33. The van der Waals surface area contributed by atoms with Crippen molar-refractivity contribution >= 4 is 11.5 Å². The first-order valence-electron chi connectivity index (χ1n) is 7.75. The number of hydrogen-bond donors (Lipinski definition) is 1. The molecule has 0 radical (unpaired) electrons. The monoisotopic (exact) mass is 270 g/mol. The smallest absolute Gasteiger partial charge is 0.277 e. The van der Waals surface area contributed by atoms with Crippen LogP contribution in [-0.2, 0) is 0 Å². The summed E-state index contributed by atoms with van der Waals surface area (Å²) in [7, 11) is 0. The van der Waals surface area contributed by atoms with Crippen molar-refractivity contribution in [3.8, 4) is 0 Å². The van der Waals surface area contributed by atoms with E-state index in [1.807, 2.05) is 0 Å². The summed E-state index contributed by atoms with van der Waals surface area (Å²) in [6, 6.07) is 9.02. The molecule has 1 aromatic rings. The van der Waals surface area contributed by atoms with Crippen molar-refractivity contribution in [2.45, 2.75) is 20.3 Å². The minimum Gasteiger partial charge on any atom is -0.371 e. The van der Waals surface area contributed by atoms with E-state index in [2.05, 4.69) is 59.0 Å². The Morgan fingerprint density at radius 2 is 1.90 bits per heavy atom. The van der Waals surface area contributed by atoms with Gasteiger partial charge in [0.15, 0.2) is 0 Å². The average Bonchev–Trinajstić information content (AvgIpc) is 3.15. The van der Waals surface area contributed by atoms with Crippen LogP contribution < -0.4 is 5.32 Å². The number of nitrogens with one attached hydrogen (secondary N) is 1. The van der Waals surface area contributed by atoms with Crippen molar-refractivity contribution < 1.29 is 4.58 Å². The first-order valence-corrected chi connectivity index (χ1v) is 7.75. The van der Waals surface area contributed by atoms with E-state index in [1.54, 1.807) is 0 Å². The van der Waals surface area contributed by atoms with Crippen LogP contribution >= 0.6 is 0 Å². The molecule has 0 fully saturated rings. The lowest BCUT2D eigenvalue weighted by atomic mass is 10.1. The molecule has 0 unspecified atom stereocenters. The van der Waals surface area contributed by atoms with Crippen molar-refractivity contribution in [2.24, 2.45) is 0 Å². The van der Waals surface area contributed by atoms with Crippen LogP contribution in [0.4, 0.5) is 0 Å². The van der Waals surface area contributed by atoms with Crippen molar-refractivity contribution in [1.29, 1.82) is 0 Å². The van der Waals surface area contributed by atoms with E-state index in [0.717, 1.165) is 32.7 Å². The Balaban J connectivity index is 1.85. The molecule has 3 heteroatoms. The average molecular weight is 270 g/mol. The predicted molar refractivity (Wildman–Crippen MR) is 84.1 cm³/mol. The SMILES string of the molecule is CCN1CCC=C1c1ccc(C2=[N+](CC)CCN2)cc1. The van der Waals surface area contributed by atoms with Crippen LogP contribution in [0.2, 0.25) is 0 Å². The zero-order valence-electron chi connectivity index (χ0n) is 12.5.